The second-order valence-corrected chi connectivity index (χ2v) is 7.69. The normalized spacial score (nSPS) is 14.3. The Labute approximate surface area is 178 Å². The van der Waals surface area contributed by atoms with E-state index in [-0.39, 0.29) is 16.5 Å². The van der Waals surface area contributed by atoms with Gasteiger partial charge in [-0.2, -0.15) is 0 Å². The van der Waals surface area contributed by atoms with E-state index in [0.29, 0.717) is 37.3 Å². The molecule has 4 rings (SSSR count). The lowest BCUT2D eigenvalue weighted by Gasteiger charge is -2.35. The molecule has 1 aliphatic rings. The fourth-order valence-corrected chi connectivity index (χ4v) is 3.76. The largest absolute Gasteiger partial charge is 0.335 e. The smallest absolute Gasteiger partial charge is 0.258 e. The van der Waals surface area contributed by atoms with Crippen molar-refractivity contribution >= 4 is 34.4 Å². The maximum atomic E-state index is 14.1. The van der Waals surface area contributed by atoms with E-state index in [1.807, 2.05) is 13.8 Å². The number of rotatable bonds is 2. The van der Waals surface area contributed by atoms with E-state index >= 15 is 0 Å². The van der Waals surface area contributed by atoms with Gasteiger partial charge in [-0.1, -0.05) is 17.7 Å². The van der Waals surface area contributed by atoms with Gasteiger partial charge in [0.15, 0.2) is 0 Å². The van der Waals surface area contributed by atoms with Crippen molar-refractivity contribution < 1.29 is 14.0 Å². The van der Waals surface area contributed by atoms with Crippen LogP contribution in [-0.4, -0.2) is 57.8 Å². The van der Waals surface area contributed by atoms with E-state index < -0.39 is 11.7 Å². The van der Waals surface area contributed by atoms with Gasteiger partial charge < -0.3 is 9.80 Å². The molecule has 0 atom stereocenters. The Morgan fingerprint density at radius 2 is 1.50 bits per heavy atom. The predicted molar refractivity (Wildman–Crippen MR) is 112 cm³/mol. The van der Waals surface area contributed by atoms with Crippen LogP contribution in [0.15, 0.2) is 36.4 Å². The quantitative estimate of drug-likeness (QED) is 0.627. The Bertz CT molecular complexity index is 1140. The number of fused-ring (bicyclic) bond motifs is 1. The van der Waals surface area contributed by atoms with Crippen molar-refractivity contribution in [2.24, 2.45) is 0 Å². The predicted octanol–water partition coefficient (Wildman–Crippen LogP) is 3.64. The summed E-state index contributed by atoms with van der Waals surface area (Å²) in [6.45, 7) is 5.10. The average molecular weight is 427 g/mol. The van der Waals surface area contributed by atoms with Crippen LogP contribution >= 0.6 is 11.6 Å². The Kier molecular flexibility index (Phi) is 5.39. The molecule has 1 fully saturated rings. The maximum Gasteiger partial charge on any atom is 0.258 e. The van der Waals surface area contributed by atoms with Crippen LogP contribution in [0.5, 0.6) is 0 Å². The topological polar surface area (TPSA) is 66.4 Å². The number of halogens is 2. The highest BCUT2D eigenvalue weighted by Crippen LogP contribution is 2.22. The number of amides is 2. The first-order valence-electron chi connectivity index (χ1n) is 9.62. The van der Waals surface area contributed by atoms with Gasteiger partial charge in [0, 0.05) is 31.7 Å². The van der Waals surface area contributed by atoms with Crippen LogP contribution in [0.3, 0.4) is 0 Å². The molecule has 30 heavy (non-hydrogen) atoms. The molecule has 1 aromatic heterocycles. The maximum absolute atomic E-state index is 14.1. The first-order valence-corrected chi connectivity index (χ1v) is 10.0. The monoisotopic (exact) mass is 426 g/mol. The van der Waals surface area contributed by atoms with Crippen molar-refractivity contribution in [2.45, 2.75) is 13.8 Å². The molecule has 0 saturated carbocycles. The number of hydrogen-bond donors (Lipinski definition) is 0. The molecule has 0 unspecified atom stereocenters. The summed E-state index contributed by atoms with van der Waals surface area (Å²) in [6.07, 6.45) is 0. The minimum Gasteiger partial charge on any atom is -0.335 e. The number of benzene rings is 2. The third-order valence-corrected chi connectivity index (χ3v) is 5.67. The van der Waals surface area contributed by atoms with Gasteiger partial charge in [0.2, 0.25) is 0 Å². The minimum absolute atomic E-state index is 0.0845. The number of aryl methyl sites for hydroxylation is 2. The van der Waals surface area contributed by atoms with Crippen LogP contribution in [0.1, 0.15) is 32.1 Å². The van der Waals surface area contributed by atoms with E-state index in [4.69, 9.17) is 11.6 Å². The highest BCUT2D eigenvalue weighted by atomic mass is 35.5. The zero-order valence-corrected chi connectivity index (χ0v) is 17.4. The molecule has 2 heterocycles. The van der Waals surface area contributed by atoms with Gasteiger partial charge in [0.1, 0.15) is 5.82 Å². The van der Waals surface area contributed by atoms with Gasteiger partial charge in [0.05, 0.1) is 33.0 Å². The van der Waals surface area contributed by atoms with E-state index in [1.54, 1.807) is 23.1 Å². The third-order valence-electron chi connectivity index (χ3n) is 5.35. The van der Waals surface area contributed by atoms with Crippen LogP contribution in [0.25, 0.3) is 11.0 Å². The molecule has 0 spiro atoms. The summed E-state index contributed by atoms with van der Waals surface area (Å²) < 4.78 is 14.1. The molecule has 154 valence electrons. The van der Waals surface area contributed by atoms with Crippen LogP contribution in [0.2, 0.25) is 5.02 Å². The summed E-state index contributed by atoms with van der Waals surface area (Å²) in [7, 11) is 0. The molecule has 2 aromatic carbocycles. The fourth-order valence-electron chi connectivity index (χ4n) is 3.52. The number of carbonyl (C=O) groups excluding carboxylic acids is 2. The lowest BCUT2D eigenvalue weighted by molar-refractivity contribution is 0.0533. The van der Waals surface area contributed by atoms with Gasteiger partial charge in [0.25, 0.3) is 11.8 Å². The molecule has 0 aliphatic carbocycles. The number of nitrogens with zero attached hydrogens (tertiary/aromatic N) is 4. The summed E-state index contributed by atoms with van der Waals surface area (Å²) in [4.78, 5) is 37.8. The third kappa shape index (κ3) is 3.73. The zero-order chi connectivity index (χ0) is 21.4. The molecular formula is C22H20ClFN4O2. The molecule has 0 N–H and O–H groups in total. The standard InChI is InChI=1S/C22H20ClFN4O2/c1-13-14(2)26-19-12-15(6-7-18(19)25-13)21(29)27-8-10-28(11-9-27)22(30)20-16(23)4-3-5-17(20)24/h3-7,12H,8-11H2,1-2H3. The molecule has 0 radical (unpaired) electrons. The molecule has 1 aliphatic heterocycles. The Morgan fingerprint density at radius 3 is 2.13 bits per heavy atom. The van der Waals surface area contributed by atoms with E-state index in [9.17, 15) is 14.0 Å². The van der Waals surface area contributed by atoms with Gasteiger partial charge in [-0.15, -0.1) is 0 Å². The van der Waals surface area contributed by atoms with Crippen molar-refractivity contribution in [2.75, 3.05) is 26.2 Å². The molecule has 0 bridgehead atoms. The zero-order valence-electron chi connectivity index (χ0n) is 16.7. The summed E-state index contributed by atoms with van der Waals surface area (Å²) in [6, 6.07) is 9.44. The lowest BCUT2D eigenvalue weighted by atomic mass is 10.1. The highest BCUT2D eigenvalue weighted by Gasteiger charge is 2.28. The van der Waals surface area contributed by atoms with E-state index in [1.165, 1.54) is 23.1 Å². The van der Waals surface area contributed by atoms with Crippen molar-refractivity contribution in [1.82, 2.24) is 19.8 Å². The highest BCUT2D eigenvalue weighted by molar-refractivity contribution is 6.33. The van der Waals surface area contributed by atoms with E-state index in [2.05, 4.69) is 9.97 Å². The summed E-state index contributed by atoms with van der Waals surface area (Å²) >= 11 is 6.01. The second kappa shape index (κ2) is 7.99. The van der Waals surface area contributed by atoms with Gasteiger partial charge >= 0.3 is 0 Å². The Balaban J connectivity index is 1.47. The van der Waals surface area contributed by atoms with Crippen molar-refractivity contribution in [3.8, 4) is 0 Å². The van der Waals surface area contributed by atoms with Crippen LogP contribution < -0.4 is 0 Å². The average Bonchev–Trinajstić information content (AvgIpc) is 2.73. The van der Waals surface area contributed by atoms with Crippen LogP contribution in [-0.2, 0) is 0 Å². The minimum atomic E-state index is -0.645. The lowest BCUT2D eigenvalue weighted by Crippen LogP contribution is -2.50. The van der Waals surface area contributed by atoms with Crippen molar-refractivity contribution in [3.63, 3.8) is 0 Å². The van der Waals surface area contributed by atoms with Gasteiger partial charge in [-0.05, 0) is 44.2 Å². The van der Waals surface area contributed by atoms with Crippen molar-refractivity contribution in [1.29, 1.82) is 0 Å². The Morgan fingerprint density at radius 1 is 0.900 bits per heavy atom. The first kappa shape index (κ1) is 20.2. The molecule has 3 aromatic rings. The van der Waals surface area contributed by atoms with Crippen LogP contribution in [0, 0.1) is 19.7 Å². The SMILES string of the molecule is Cc1nc2ccc(C(=O)N3CCN(C(=O)c4c(F)cccc4Cl)CC3)cc2nc1C. The van der Waals surface area contributed by atoms with Crippen LogP contribution in [0.4, 0.5) is 4.39 Å². The molecular weight excluding hydrogens is 407 g/mol. The van der Waals surface area contributed by atoms with Crippen molar-refractivity contribution in [3.05, 3.63) is 69.8 Å². The first-order chi connectivity index (χ1) is 14.3. The molecule has 1 saturated heterocycles. The van der Waals surface area contributed by atoms with Gasteiger partial charge in [-0.3, -0.25) is 9.59 Å². The number of aromatic nitrogens is 2. The second-order valence-electron chi connectivity index (χ2n) is 7.28. The van der Waals surface area contributed by atoms with E-state index in [0.717, 1.165) is 16.9 Å². The number of piperazine rings is 1. The summed E-state index contributed by atoms with van der Waals surface area (Å²) in [5.74, 6) is -1.24. The number of carbonyl (C=O) groups is 2. The molecule has 6 nitrogen and oxygen atoms in total. The summed E-state index contributed by atoms with van der Waals surface area (Å²) in [5.41, 5.74) is 3.50. The van der Waals surface area contributed by atoms with Gasteiger partial charge in [-0.25, -0.2) is 14.4 Å². The summed E-state index contributed by atoms with van der Waals surface area (Å²) in [5, 5.41) is 0.0845. The fraction of sp³-hybridized carbons (Fsp3) is 0.273. The molecule has 8 heteroatoms. The molecule has 2 amide bonds. The Hall–Kier alpha value is -3.06. The number of hydrogen-bond acceptors (Lipinski definition) is 4.